The number of hydrogen-bond acceptors (Lipinski definition) is 3. The molecule has 1 N–H and O–H groups in total. The molecule has 0 aliphatic carbocycles. The Labute approximate surface area is 146 Å². The molecule has 0 heterocycles. The van der Waals surface area contributed by atoms with Crippen molar-refractivity contribution in [3.8, 4) is 5.75 Å². The Kier molecular flexibility index (Phi) is 7.74. The molecule has 0 bridgehead atoms. The molecule has 0 spiro atoms. The fourth-order valence-electron chi connectivity index (χ4n) is 2.76. The van der Waals surface area contributed by atoms with Crippen LogP contribution in [0.3, 0.4) is 0 Å². The molecule has 0 aromatic heterocycles. The van der Waals surface area contributed by atoms with Crippen LogP contribution in [0.25, 0.3) is 0 Å². The van der Waals surface area contributed by atoms with E-state index in [2.05, 4.69) is 12.2 Å². The van der Waals surface area contributed by atoms with E-state index in [4.69, 9.17) is 9.47 Å². The number of carbonyl (C=O) groups excluding carboxylic acids is 1. The van der Waals surface area contributed by atoms with E-state index >= 15 is 0 Å². The van der Waals surface area contributed by atoms with Crippen LogP contribution in [-0.2, 0) is 9.53 Å². The second kappa shape index (κ2) is 9.07. The zero-order valence-corrected chi connectivity index (χ0v) is 16.3. The minimum Gasteiger partial charge on any atom is -0.490 e. The van der Waals surface area contributed by atoms with Crippen molar-refractivity contribution in [3.63, 3.8) is 0 Å². The van der Waals surface area contributed by atoms with E-state index in [1.807, 2.05) is 53.7 Å². The first kappa shape index (κ1) is 20.5. The number of aryl methyl sites for hydroxylation is 2. The van der Waals surface area contributed by atoms with Gasteiger partial charge in [-0.25, -0.2) is 0 Å². The summed E-state index contributed by atoms with van der Waals surface area (Å²) >= 11 is 0. The van der Waals surface area contributed by atoms with Crippen LogP contribution in [0.5, 0.6) is 5.75 Å². The average molecular weight is 335 g/mol. The molecule has 0 saturated heterocycles. The minimum atomic E-state index is -0.792. The maximum atomic E-state index is 12.7. The molecule has 1 aromatic carbocycles. The van der Waals surface area contributed by atoms with Crippen molar-refractivity contribution in [2.45, 2.75) is 79.4 Å². The first-order valence-electron chi connectivity index (χ1n) is 8.96. The number of ether oxygens (including phenoxy) is 2. The Bertz CT molecular complexity index is 531. The van der Waals surface area contributed by atoms with Crippen LogP contribution < -0.4 is 10.1 Å². The molecular formula is C20H33NO3. The highest BCUT2D eigenvalue weighted by molar-refractivity contribution is 5.97. The average Bonchev–Trinajstić information content (AvgIpc) is 2.49. The normalized spacial score (nSPS) is 13.7. The van der Waals surface area contributed by atoms with Gasteiger partial charge in [0.25, 0.3) is 5.91 Å². The highest BCUT2D eigenvalue weighted by Gasteiger charge is 2.33. The molecule has 24 heavy (non-hydrogen) atoms. The molecule has 0 radical (unpaired) electrons. The van der Waals surface area contributed by atoms with Gasteiger partial charge in [0.2, 0.25) is 0 Å². The van der Waals surface area contributed by atoms with Crippen LogP contribution in [-0.4, -0.2) is 24.2 Å². The zero-order chi connectivity index (χ0) is 18.3. The molecular weight excluding hydrogens is 302 g/mol. The molecule has 0 saturated carbocycles. The van der Waals surface area contributed by atoms with Gasteiger partial charge in [-0.05, 0) is 70.7 Å². The predicted molar refractivity (Wildman–Crippen MR) is 99.9 cm³/mol. The maximum Gasteiger partial charge on any atom is 0.256 e. The smallest absolute Gasteiger partial charge is 0.256 e. The molecule has 1 atom stereocenters. The minimum absolute atomic E-state index is 0.0888. The molecule has 0 aliphatic rings. The molecule has 0 aliphatic heterocycles. The van der Waals surface area contributed by atoms with Crippen LogP contribution in [0.15, 0.2) is 12.1 Å². The lowest BCUT2D eigenvalue weighted by Gasteiger charge is -2.28. The number of amides is 1. The summed E-state index contributed by atoms with van der Waals surface area (Å²) < 4.78 is 11.7. The highest BCUT2D eigenvalue weighted by atomic mass is 16.5. The van der Waals surface area contributed by atoms with Gasteiger partial charge in [0.05, 0.1) is 6.10 Å². The Balaban J connectivity index is 2.96. The Hall–Kier alpha value is -1.55. The summed E-state index contributed by atoms with van der Waals surface area (Å²) in [6.07, 6.45) is 2.61. The van der Waals surface area contributed by atoms with E-state index in [-0.39, 0.29) is 12.0 Å². The number of nitrogens with one attached hydrogen (secondary N) is 1. The van der Waals surface area contributed by atoms with Crippen molar-refractivity contribution < 1.29 is 14.3 Å². The van der Waals surface area contributed by atoms with E-state index in [1.54, 1.807) is 0 Å². The van der Waals surface area contributed by atoms with E-state index in [9.17, 15) is 4.79 Å². The number of rotatable bonds is 9. The summed E-state index contributed by atoms with van der Waals surface area (Å²) in [5, 5.41) is 3.02. The van der Waals surface area contributed by atoms with Gasteiger partial charge in [-0.2, -0.15) is 0 Å². The van der Waals surface area contributed by atoms with Gasteiger partial charge < -0.3 is 14.8 Å². The number of anilines is 1. The van der Waals surface area contributed by atoms with Crippen LogP contribution in [0.4, 0.5) is 5.69 Å². The van der Waals surface area contributed by atoms with Gasteiger partial charge in [-0.3, -0.25) is 4.79 Å². The second-order valence-corrected chi connectivity index (χ2v) is 6.89. The van der Waals surface area contributed by atoms with Gasteiger partial charge in [0.1, 0.15) is 11.4 Å². The van der Waals surface area contributed by atoms with Gasteiger partial charge >= 0.3 is 0 Å². The number of benzene rings is 1. The molecule has 0 fully saturated rings. The van der Waals surface area contributed by atoms with E-state index < -0.39 is 5.60 Å². The largest absolute Gasteiger partial charge is 0.490 e. The van der Waals surface area contributed by atoms with Crippen LogP contribution in [0.1, 0.15) is 65.0 Å². The second-order valence-electron chi connectivity index (χ2n) is 6.89. The molecule has 0 unspecified atom stereocenters. The van der Waals surface area contributed by atoms with Gasteiger partial charge in [-0.1, -0.05) is 20.3 Å². The molecule has 1 aromatic rings. The molecule has 4 nitrogen and oxygen atoms in total. The monoisotopic (exact) mass is 335 g/mol. The van der Waals surface area contributed by atoms with E-state index in [0.717, 1.165) is 35.4 Å². The summed E-state index contributed by atoms with van der Waals surface area (Å²) in [6, 6.07) is 3.91. The predicted octanol–water partition coefficient (Wildman–Crippen LogP) is 5.01. The summed E-state index contributed by atoms with van der Waals surface area (Å²) in [4.78, 5) is 12.7. The van der Waals surface area contributed by atoms with Crippen molar-refractivity contribution in [1.29, 1.82) is 0 Å². The molecule has 1 amide bonds. The first-order chi connectivity index (χ1) is 11.2. The summed E-state index contributed by atoms with van der Waals surface area (Å²) in [6.45, 7) is 14.6. The summed E-state index contributed by atoms with van der Waals surface area (Å²) in [7, 11) is 0. The Morgan fingerprint density at radius 1 is 1.17 bits per heavy atom. The zero-order valence-electron chi connectivity index (χ0n) is 16.3. The maximum absolute atomic E-state index is 12.7. The Morgan fingerprint density at radius 2 is 1.75 bits per heavy atom. The highest BCUT2D eigenvalue weighted by Crippen LogP contribution is 2.29. The third-order valence-electron chi connectivity index (χ3n) is 3.90. The number of carbonyl (C=O) groups is 1. The lowest BCUT2D eigenvalue weighted by molar-refractivity contribution is -0.140. The SMILES string of the molecule is CCCO[C@](C)(CCC)C(=O)Nc1cc(C)c(OC(C)C)c(C)c1. The lowest BCUT2D eigenvalue weighted by Crippen LogP contribution is -2.43. The van der Waals surface area contributed by atoms with Crippen LogP contribution in [0.2, 0.25) is 0 Å². The third-order valence-corrected chi connectivity index (χ3v) is 3.90. The molecule has 136 valence electrons. The summed E-state index contributed by atoms with van der Waals surface area (Å²) in [5.74, 6) is 0.802. The first-order valence-corrected chi connectivity index (χ1v) is 8.96. The summed E-state index contributed by atoms with van der Waals surface area (Å²) in [5.41, 5.74) is 2.03. The van der Waals surface area contributed by atoms with E-state index in [0.29, 0.717) is 13.0 Å². The molecule has 4 heteroatoms. The van der Waals surface area contributed by atoms with Crippen molar-refractivity contribution in [3.05, 3.63) is 23.3 Å². The number of hydrogen-bond donors (Lipinski definition) is 1. The van der Waals surface area contributed by atoms with E-state index in [1.165, 1.54) is 0 Å². The Morgan fingerprint density at radius 3 is 2.21 bits per heavy atom. The lowest BCUT2D eigenvalue weighted by atomic mass is 9.98. The van der Waals surface area contributed by atoms with Crippen LogP contribution in [0, 0.1) is 13.8 Å². The van der Waals surface area contributed by atoms with Crippen molar-refractivity contribution in [2.75, 3.05) is 11.9 Å². The van der Waals surface area contributed by atoms with Gasteiger partial charge in [0.15, 0.2) is 0 Å². The third kappa shape index (κ3) is 5.52. The standard InChI is InChI=1S/C20H33NO3/c1-8-10-20(7,23-11-9-2)19(22)21-17-12-15(5)18(16(6)13-17)24-14(3)4/h12-14H,8-11H2,1-7H3,(H,21,22)/t20-/m1/s1. The van der Waals surface area contributed by atoms with Crippen molar-refractivity contribution in [2.24, 2.45) is 0 Å². The quantitative estimate of drug-likeness (QED) is 0.689. The van der Waals surface area contributed by atoms with Gasteiger partial charge in [-0.15, -0.1) is 0 Å². The molecule has 1 rings (SSSR count). The fourth-order valence-corrected chi connectivity index (χ4v) is 2.76. The topological polar surface area (TPSA) is 47.6 Å². The van der Waals surface area contributed by atoms with Crippen molar-refractivity contribution >= 4 is 11.6 Å². The fraction of sp³-hybridized carbons (Fsp3) is 0.650. The van der Waals surface area contributed by atoms with Crippen molar-refractivity contribution in [1.82, 2.24) is 0 Å². The van der Waals surface area contributed by atoms with Crippen LogP contribution >= 0.6 is 0 Å². The van der Waals surface area contributed by atoms with Gasteiger partial charge in [0, 0.05) is 12.3 Å².